The van der Waals surface area contributed by atoms with Crippen LogP contribution in [-0.2, 0) is 0 Å². The molecule has 2 aromatic carbocycles. The number of thioether (sulfide) groups is 1. The summed E-state index contributed by atoms with van der Waals surface area (Å²) in [7, 11) is 1.63. The van der Waals surface area contributed by atoms with Crippen molar-refractivity contribution >= 4 is 23.1 Å². The van der Waals surface area contributed by atoms with Crippen LogP contribution < -0.4 is 19.6 Å². The Labute approximate surface area is 165 Å². The molecule has 3 aromatic rings. The second-order valence-electron chi connectivity index (χ2n) is 5.87. The minimum atomic E-state index is 0.0162. The van der Waals surface area contributed by atoms with Crippen LogP contribution in [0.4, 0.5) is 0 Å². The van der Waals surface area contributed by atoms with E-state index in [0.717, 1.165) is 48.8 Å². The van der Waals surface area contributed by atoms with Gasteiger partial charge in [-0.25, -0.2) is 0 Å². The molecule has 4 nitrogen and oxygen atoms in total. The van der Waals surface area contributed by atoms with Crippen LogP contribution in [0.5, 0.6) is 17.2 Å². The third-order valence-electron chi connectivity index (χ3n) is 4.23. The molecule has 0 aliphatic carbocycles. The molecule has 1 aliphatic heterocycles. The first-order valence-corrected chi connectivity index (χ1v) is 10.3. The summed E-state index contributed by atoms with van der Waals surface area (Å²) >= 11 is 3.31. The van der Waals surface area contributed by atoms with Crippen LogP contribution in [0.2, 0.25) is 0 Å². The van der Waals surface area contributed by atoms with Crippen LogP contribution in [0.25, 0.3) is 21.6 Å². The Hall–Kier alpha value is -2.44. The van der Waals surface area contributed by atoms with E-state index in [4.69, 9.17) is 14.2 Å². The lowest BCUT2D eigenvalue weighted by molar-refractivity contribution is 0.174. The van der Waals surface area contributed by atoms with Crippen molar-refractivity contribution in [2.24, 2.45) is 0 Å². The molecule has 0 fully saturated rings. The van der Waals surface area contributed by atoms with Gasteiger partial charge in [0.05, 0.1) is 16.9 Å². The highest BCUT2D eigenvalue weighted by Crippen LogP contribution is 2.40. The van der Waals surface area contributed by atoms with E-state index in [1.54, 1.807) is 36.3 Å². The van der Waals surface area contributed by atoms with E-state index >= 15 is 0 Å². The summed E-state index contributed by atoms with van der Waals surface area (Å²) in [5.41, 5.74) is 2.63. The third kappa shape index (κ3) is 3.55. The summed E-state index contributed by atoms with van der Waals surface area (Å²) in [6.45, 7) is 2.33. The molecular weight excluding hydrogens is 380 g/mol. The summed E-state index contributed by atoms with van der Waals surface area (Å²) in [5, 5.41) is 0. The molecule has 0 spiro atoms. The molecule has 138 valence electrons. The second kappa shape index (κ2) is 7.66. The van der Waals surface area contributed by atoms with Gasteiger partial charge in [-0.1, -0.05) is 19.1 Å². The van der Waals surface area contributed by atoms with Crippen LogP contribution in [0.15, 0.2) is 57.5 Å². The van der Waals surface area contributed by atoms with Crippen molar-refractivity contribution in [1.82, 2.24) is 0 Å². The predicted molar refractivity (Wildman–Crippen MR) is 111 cm³/mol. The number of rotatable bonds is 5. The first-order chi connectivity index (χ1) is 13.2. The molecule has 1 aromatic heterocycles. The van der Waals surface area contributed by atoms with Gasteiger partial charge in [0.15, 0.2) is 16.9 Å². The third-order valence-corrected chi connectivity index (χ3v) is 6.55. The van der Waals surface area contributed by atoms with Crippen LogP contribution in [0.3, 0.4) is 0 Å². The number of hydrogen-bond acceptors (Lipinski definition) is 6. The van der Waals surface area contributed by atoms with Gasteiger partial charge in [-0.15, -0.1) is 23.1 Å². The minimum absolute atomic E-state index is 0.0162. The lowest BCUT2D eigenvalue weighted by atomic mass is 10.1. The lowest BCUT2D eigenvalue weighted by Gasteiger charge is -2.11. The normalized spacial score (nSPS) is 12.2. The van der Waals surface area contributed by atoms with Gasteiger partial charge in [-0.3, -0.25) is 4.79 Å². The smallest absolute Gasteiger partial charge is 0.231 e. The van der Waals surface area contributed by atoms with Crippen LogP contribution in [-0.4, -0.2) is 19.7 Å². The summed E-state index contributed by atoms with van der Waals surface area (Å²) in [5.74, 6) is 3.13. The number of methoxy groups -OCH3 is 1. The summed E-state index contributed by atoms with van der Waals surface area (Å²) in [6.07, 6.45) is 0. The van der Waals surface area contributed by atoms with Gasteiger partial charge in [-0.2, -0.15) is 0 Å². The molecule has 4 rings (SSSR count). The van der Waals surface area contributed by atoms with E-state index in [9.17, 15) is 4.79 Å². The fourth-order valence-corrected chi connectivity index (χ4v) is 5.33. The fourth-order valence-electron chi connectivity index (χ4n) is 2.91. The molecule has 27 heavy (non-hydrogen) atoms. The van der Waals surface area contributed by atoms with Crippen molar-refractivity contribution in [3.63, 3.8) is 0 Å². The second-order valence-corrected chi connectivity index (χ2v) is 8.45. The van der Waals surface area contributed by atoms with Crippen LogP contribution in [0.1, 0.15) is 6.92 Å². The Morgan fingerprint density at radius 1 is 1.04 bits per heavy atom. The van der Waals surface area contributed by atoms with E-state index in [1.807, 2.05) is 42.5 Å². The maximum Gasteiger partial charge on any atom is 0.231 e. The molecule has 2 heterocycles. The first kappa shape index (κ1) is 17.9. The summed E-state index contributed by atoms with van der Waals surface area (Å²) < 4.78 is 17.1. The quantitative estimate of drug-likeness (QED) is 0.546. The SMILES string of the molecule is CCSc1sc(-c2ccc3c(c2)OCO3)cc(=O)c1-c1ccc(OC)cc1. The molecular formula is C21H18O4S2. The van der Waals surface area contributed by atoms with Crippen molar-refractivity contribution in [1.29, 1.82) is 0 Å². The van der Waals surface area contributed by atoms with Crippen molar-refractivity contribution in [2.45, 2.75) is 11.1 Å². The molecule has 1 aliphatic rings. The van der Waals surface area contributed by atoms with Crippen LogP contribution in [0, 0.1) is 0 Å². The molecule has 0 bridgehead atoms. The number of hydrogen-bond donors (Lipinski definition) is 0. The monoisotopic (exact) mass is 398 g/mol. The zero-order chi connectivity index (χ0) is 18.8. The Kier molecular flexibility index (Phi) is 5.09. The molecule has 0 atom stereocenters. The highest BCUT2D eigenvalue weighted by atomic mass is 32.2. The molecule has 0 unspecified atom stereocenters. The Balaban J connectivity index is 1.81. The van der Waals surface area contributed by atoms with E-state index in [1.165, 1.54) is 0 Å². The highest BCUT2D eigenvalue weighted by Gasteiger charge is 2.17. The van der Waals surface area contributed by atoms with E-state index in [0.29, 0.717) is 0 Å². The number of benzene rings is 2. The number of ether oxygens (including phenoxy) is 3. The summed E-state index contributed by atoms with van der Waals surface area (Å²) in [6, 6.07) is 15.1. The van der Waals surface area contributed by atoms with Crippen molar-refractivity contribution in [2.75, 3.05) is 19.7 Å². The Morgan fingerprint density at radius 3 is 2.52 bits per heavy atom. The van der Waals surface area contributed by atoms with Gasteiger partial charge in [0.1, 0.15) is 5.75 Å². The van der Waals surface area contributed by atoms with Gasteiger partial charge in [0.25, 0.3) is 0 Å². The van der Waals surface area contributed by atoms with Gasteiger partial charge in [0, 0.05) is 10.9 Å². The standard InChI is InChI=1S/C21H18O4S2/c1-3-26-21-20(13-4-7-15(23-2)8-5-13)16(22)11-19(27-21)14-6-9-17-18(10-14)25-12-24-17/h4-11H,3,12H2,1-2H3. The molecule has 0 amide bonds. The zero-order valence-electron chi connectivity index (χ0n) is 15.0. The fraction of sp³-hybridized carbons (Fsp3) is 0.190. The molecule has 6 heteroatoms. The van der Waals surface area contributed by atoms with Gasteiger partial charge >= 0.3 is 0 Å². The average Bonchev–Trinajstić information content (AvgIpc) is 3.16. The minimum Gasteiger partial charge on any atom is -0.497 e. The average molecular weight is 399 g/mol. The van der Waals surface area contributed by atoms with Gasteiger partial charge in [-0.05, 0) is 47.2 Å². The Morgan fingerprint density at radius 2 is 1.78 bits per heavy atom. The highest BCUT2D eigenvalue weighted by molar-refractivity contribution is 8.01. The van der Waals surface area contributed by atoms with Crippen molar-refractivity contribution in [3.8, 4) is 38.8 Å². The lowest BCUT2D eigenvalue weighted by Crippen LogP contribution is -2.04. The predicted octanol–water partition coefficient (Wildman–Crippen LogP) is 5.29. The topological polar surface area (TPSA) is 44.8 Å². The number of fused-ring (bicyclic) bond motifs is 1. The van der Waals surface area contributed by atoms with Gasteiger partial charge in [0.2, 0.25) is 6.79 Å². The summed E-state index contributed by atoms with van der Waals surface area (Å²) in [4.78, 5) is 13.9. The van der Waals surface area contributed by atoms with E-state index in [-0.39, 0.29) is 12.2 Å². The first-order valence-electron chi connectivity index (χ1n) is 8.55. The van der Waals surface area contributed by atoms with Crippen molar-refractivity contribution < 1.29 is 14.2 Å². The zero-order valence-corrected chi connectivity index (χ0v) is 16.6. The molecule has 0 radical (unpaired) electrons. The van der Waals surface area contributed by atoms with E-state index < -0.39 is 0 Å². The molecule has 0 saturated heterocycles. The van der Waals surface area contributed by atoms with Crippen LogP contribution >= 0.6 is 23.1 Å². The molecule has 0 saturated carbocycles. The molecule has 0 N–H and O–H groups in total. The van der Waals surface area contributed by atoms with Gasteiger partial charge < -0.3 is 14.2 Å². The maximum absolute atomic E-state index is 13.0. The van der Waals surface area contributed by atoms with Crippen molar-refractivity contribution in [3.05, 3.63) is 58.8 Å². The largest absolute Gasteiger partial charge is 0.497 e. The van der Waals surface area contributed by atoms with E-state index in [2.05, 4.69) is 6.92 Å². The maximum atomic E-state index is 13.0. The Bertz CT molecular complexity index is 1030.